The van der Waals surface area contributed by atoms with Crippen LogP contribution in [0.1, 0.15) is 63.3 Å². The minimum atomic E-state index is 0.576. The van der Waals surface area contributed by atoms with Crippen molar-refractivity contribution in [3.05, 3.63) is 22.4 Å². The van der Waals surface area contributed by atoms with Crippen molar-refractivity contribution in [3.8, 4) is 0 Å². The van der Waals surface area contributed by atoms with Gasteiger partial charge in [0.05, 0.1) is 0 Å². The van der Waals surface area contributed by atoms with Gasteiger partial charge in [-0.2, -0.15) is 0 Å². The predicted molar refractivity (Wildman–Crippen MR) is 76.5 cm³/mol. The highest BCUT2D eigenvalue weighted by atomic mass is 32.1. The van der Waals surface area contributed by atoms with Crippen molar-refractivity contribution in [3.63, 3.8) is 0 Å². The molecule has 3 atom stereocenters. The second-order valence-electron chi connectivity index (χ2n) is 5.20. The van der Waals surface area contributed by atoms with Crippen molar-refractivity contribution in [2.75, 3.05) is 0 Å². The monoisotopic (exact) mass is 251 g/mol. The first-order valence-corrected chi connectivity index (χ1v) is 8.02. The van der Waals surface area contributed by atoms with E-state index in [1.807, 2.05) is 11.3 Å². The summed E-state index contributed by atoms with van der Waals surface area (Å²) in [6.45, 7) is 4.64. The van der Waals surface area contributed by atoms with E-state index in [0.29, 0.717) is 6.04 Å². The van der Waals surface area contributed by atoms with Crippen LogP contribution in [-0.2, 0) is 0 Å². The molecule has 3 unspecified atom stereocenters. The van der Waals surface area contributed by atoms with Crippen LogP contribution in [0.15, 0.2) is 17.5 Å². The molecular formula is C15H25NS. The van der Waals surface area contributed by atoms with Gasteiger partial charge in [-0.15, -0.1) is 11.3 Å². The van der Waals surface area contributed by atoms with Crippen LogP contribution in [0.5, 0.6) is 0 Å². The number of hydrogen-bond donors (Lipinski definition) is 1. The van der Waals surface area contributed by atoms with Crippen molar-refractivity contribution in [2.24, 2.45) is 5.92 Å². The molecule has 1 fully saturated rings. The lowest BCUT2D eigenvalue weighted by Gasteiger charge is -2.34. The first-order valence-electron chi connectivity index (χ1n) is 7.14. The van der Waals surface area contributed by atoms with Gasteiger partial charge in [0.25, 0.3) is 0 Å². The first kappa shape index (κ1) is 13.1. The van der Waals surface area contributed by atoms with Gasteiger partial charge >= 0.3 is 0 Å². The van der Waals surface area contributed by atoms with Gasteiger partial charge in [0.15, 0.2) is 0 Å². The summed E-state index contributed by atoms with van der Waals surface area (Å²) in [6.07, 6.45) is 8.18. The maximum atomic E-state index is 3.92. The molecule has 1 heterocycles. The van der Waals surface area contributed by atoms with Crippen LogP contribution in [0.25, 0.3) is 0 Å². The molecule has 1 aliphatic rings. The van der Waals surface area contributed by atoms with Crippen LogP contribution >= 0.6 is 11.3 Å². The third-order valence-corrected chi connectivity index (χ3v) is 5.13. The normalized spacial score (nSPS) is 26.9. The molecule has 1 N–H and O–H groups in total. The van der Waals surface area contributed by atoms with E-state index in [-0.39, 0.29) is 0 Å². The van der Waals surface area contributed by atoms with E-state index >= 15 is 0 Å². The van der Waals surface area contributed by atoms with Crippen LogP contribution in [0.4, 0.5) is 0 Å². The topological polar surface area (TPSA) is 12.0 Å². The average molecular weight is 251 g/mol. The van der Waals surface area contributed by atoms with Crippen LogP contribution < -0.4 is 5.32 Å². The Kier molecular flexibility index (Phi) is 5.05. The largest absolute Gasteiger partial charge is 0.306 e. The summed E-state index contributed by atoms with van der Waals surface area (Å²) >= 11 is 1.89. The summed E-state index contributed by atoms with van der Waals surface area (Å²) < 4.78 is 0. The van der Waals surface area contributed by atoms with Crippen LogP contribution in [0.2, 0.25) is 0 Å². The third-order valence-electron chi connectivity index (χ3n) is 4.14. The fourth-order valence-corrected chi connectivity index (χ4v) is 3.94. The molecule has 96 valence electrons. The molecule has 0 aromatic carbocycles. The lowest BCUT2D eigenvalue weighted by atomic mass is 9.82. The Morgan fingerprint density at radius 3 is 2.82 bits per heavy atom. The minimum Gasteiger partial charge on any atom is -0.306 e. The highest BCUT2D eigenvalue weighted by Crippen LogP contribution is 2.30. The first-order chi connectivity index (χ1) is 8.35. The zero-order valence-electron chi connectivity index (χ0n) is 11.1. The zero-order valence-corrected chi connectivity index (χ0v) is 11.9. The van der Waals surface area contributed by atoms with E-state index in [2.05, 4.69) is 36.7 Å². The highest BCUT2D eigenvalue weighted by Gasteiger charge is 2.25. The lowest BCUT2D eigenvalue weighted by Crippen LogP contribution is -2.40. The number of thiophene rings is 1. The van der Waals surface area contributed by atoms with E-state index in [1.54, 1.807) is 0 Å². The molecule has 1 nitrogen and oxygen atoms in total. The van der Waals surface area contributed by atoms with Crippen molar-refractivity contribution in [1.82, 2.24) is 5.32 Å². The fraction of sp³-hybridized carbons (Fsp3) is 0.733. The summed E-state index contributed by atoms with van der Waals surface area (Å²) in [5.74, 6) is 0.901. The predicted octanol–water partition coefficient (Wildman–Crippen LogP) is 4.76. The molecule has 0 saturated heterocycles. The van der Waals surface area contributed by atoms with Crippen LogP contribution in [0.3, 0.4) is 0 Å². The average Bonchev–Trinajstić information content (AvgIpc) is 2.90. The van der Waals surface area contributed by atoms with Crippen molar-refractivity contribution >= 4 is 11.3 Å². The number of rotatable bonds is 5. The Morgan fingerprint density at radius 1 is 1.35 bits per heavy atom. The summed E-state index contributed by atoms with van der Waals surface area (Å²) in [7, 11) is 0. The van der Waals surface area contributed by atoms with Gasteiger partial charge in [-0.05, 0) is 36.6 Å². The Balaban J connectivity index is 1.97. The summed E-state index contributed by atoms with van der Waals surface area (Å²) in [5, 5.41) is 6.11. The maximum absolute atomic E-state index is 3.92. The van der Waals surface area contributed by atoms with E-state index in [1.165, 1.54) is 43.4 Å². The Bertz CT molecular complexity index is 307. The lowest BCUT2D eigenvalue weighted by molar-refractivity contribution is 0.235. The quantitative estimate of drug-likeness (QED) is 0.795. The smallest absolute Gasteiger partial charge is 0.0414 e. The summed E-state index contributed by atoms with van der Waals surface area (Å²) in [5.41, 5.74) is 0. The molecule has 1 aromatic rings. The van der Waals surface area contributed by atoms with Crippen LogP contribution in [0, 0.1) is 5.92 Å². The van der Waals surface area contributed by atoms with E-state index < -0.39 is 0 Å². The van der Waals surface area contributed by atoms with E-state index in [0.717, 1.165) is 12.0 Å². The number of hydrogen-bond acceptors (Lipinski definition) is 2. The molecule has 1 saturated carbocycles. The van der Waals surface area contributed by atoms with Gasteiger partial charge in [-0.1, -0.05) is 39.2 Å². The van der Waals surface area contributed by atoms with Gasteiger partial charge in [-0.3, -0.25) is 0 Å². The minimum absolute atomic E-state index is 0.576. The zero-order chi connectivity index (χ0) is 12.1. The van der Waals surface area contributed by atoms with Gasteiger partial charge in [-0.25, -0.2) is 0 Å². The summed E-state index contributed by atoms with van der Waals surface area (Å²) in [6, 6.07) is 5.77. The second kappa shape index (κ2) is 6.55. The van der Waals surface area contributed by atoms with Gasteiger partial charge < -0.3 is 5.32 Å². The fourth-order valence-electron chi connectivity index (χ4n) is 3.06. The molecule has 0 bridgehead atoms. The second-order valence-corrected chi connectivity index (χ2v) is 6.18. The molecule has 17 heavy (non-hydrogen) atoms. The molecule has 0 spiro atoms. The SMILES string of the molecule is CCC(NC1CCCCC1CC)c1cccs1. The highest BCUT2D eigenvalue weighted by molar-refractivity contribution is 7.10. The standard InChI is InChI=1S/C15H25NS/c1-3-12-8-5-6-9-14(12)16-13(4-2)15-10-7-11-17-15/h7,10-14,16H,3-6,8-9H2,1-2H3. The molecule has 0 aliphatic heterocycles. The van der Waals surface area contributed by atoms with E-state index in [9.17, 15) is 0 Å². The van der Waals surface area contributed by atoms with Crippen molar-refractivity contribution in [2.45, 2.75) is 64.5 Å². The van der Waals surface area contributed by atoms with Gasteiger partial charge in [0.2, 0.25) is 0 Å². The van der Waals surface area contributed by atoms with Crippen molar-refractivity contribution in [1.29, 1.82) is 0 Å². The molecule has 0 radical (unpaired) electrons. The molecular weight excluding hydrogens is 226 g/mol. The van der Waals surface area contributed by atoms with E-state index in [4.69, 9.17) is 0 Å². The number of nitrogens with one attached hydrogen (secondary N) is 1. The molecule has 2 heteroatoms. The maximum Gasteiger partial charge on any atom is 0.0414 e. The molecule has 2 rings (SSSR count). The van der Waals surface area contributed by atoms with Gasteiger partial charge in [0.1, 0.15) is 0 Å². The van der Waals surface area contributed by atoms with Crippen molar-refractivity contribution < 1.29 is 0 Å². The summed E-state index contributed by atoms with van der Waals surface area (Å²) in [4.78, 5) is 1.51. The Labute approximate surface area is 110 Å². The third kappa shape index (κ3) is 3.32. The Hall–Kier alpha value is -0.340. The molecule has 1 aliphatic carbocycles. The Morgan fingerprint density at radius 2 is 2.18 bits per heavy atom. The molecule has 0 amide bonds. The van der Waals surface area contributed by atoms with Crippen LogP contribution in [-0.4, -0.2) is 6.04 Å². The van der Waals surface area contributed by atoms with Gasteiger partial charge in [0, 0.05) is 17.0 Å². The molecule has 1 aromatic heterocycles.